The second-order valence-corrected chi connectivity index (χ2v) is 9.09. The molecule has 4 aliphatic rings. The number of anilines is 2. The predicted octanol–water partition coefficient (Wildman–Crippen LogP) is 5.35. The van der Waals surface area contributed by atoms with E-state index in [1.807, 2.05) is 66.4 Å². The van der Waals surface area contributed by atoms with Gasteiger partial charge in [0.1, 0.15) is 6.17 Å². The second kappa shape index (κ2) is 5.34. The number of hydrogen-bond acceptors (Lipinski definition) is 3. The van der Waals surface area contributed by atoms with E-state index in [9.17, 15) is 0 Å². The topological polar surface area (TPSA) is 27.6 Å². The van der Waals surface area contributed by atoms with Crippen LogP contribution in [0.3, 0.4) is 0 Å². The molecule has 3 nitrogen and oxygen atoms in total. The van der Waals surface area contributed by atoms with Gasteiger partial charge in [0, 0.05) is 23.5 Å². The summed E-state index contributed by atoms with van der Waals surface area (Å²) in [7, 11) is 0. The number of fused-ring (bicyclic) bond motifs is 6. The number of benzene rings is 3. The molecule has 3 aromatic carbocycles. The lowest BCUT2D eigenvalue weighted by molar-refractivity contribution is -0.0455. The van der Waals surface area contributed by atoms with Crippen molar-refractivity contribution in [2.75, 3.05) is 16.8 Å². The highest BCUT2D eigenvalue weighted by atomic mass is 19.3. The lowest BCUT2D eigenvalue weighted by Gasteiger charge is -2.40. The van der Waals surface area contributed by atoms with E-state index in [4.69, 9.17) is 4.99 Å². The van der Waals surface area contributed by atoms with Crippen LogP contribution in [0.5, 0.6) is 0 Å². The Morgan fingerprint density at radius 3 is 2.58 bits per heavy atom. The van der Waals surface area contributed by atoms with Crippen LogP contribution in [-0.4, -0.2) is 18.4 Å². The standard InChI is InChI=1S/C26H21F2N3/c1-16-11-12-19-21(15-16)31-23-24(18-9-5-6-10-20(18)30-23)13-14-29-22(24)25(31,26(19,27)28)17-7-3-2-4-8-17/h2-12,15,23,30H,13-14H2,1H3/t23-,24+,25-/m1/s1. The van der Waals surface area contributed by atoms with Crippen molar-refractivity contribution < 1.29 is 8.78 Å². The van der Waals surface area contributed by atoms with Crippen molar-refractivity contribution in [3.05, 3.63) is 95.1 Å². The van der Waals surface area contributed by atoms with Gasteiger partial charge in [0.05, 0.1) is 11.1 Å². The zero-order chi connectivity index (χ0) is 21.0. The summed E-state index contributed by atoms with van der Waals surface area (Å²) < 4.78 is 33.5. The Hall–Kier alpha value is -3.21. The maximum absolute atomic E-state index is 16.7. The lowest BCUT2D eigenvalue weighted by atomic mass is 9.68. The summed E-state index contributed by atoms with van der Waals surface area (Å²) >= 11 is 0. The predicted molar refractivity (Wildman–Crippen MR) is 118 cm³/mol. The number of aryl methyl sites for hydroxylation is 1. The van der Waals surface area contributed by atoms with Gasteiger partial charge < -0.3 is 10.2 Å². The Bertz CT molecular complexity index is 1280. The molecule has 31 heavy (non-hydrogen) atoms. The van der Waals surface area contributed by atoms with Crippen molar-refractivity contribution in [1.29, 1.82) is 0 Å². The molecule has 154 valence electrons. The number of hydrogen-bond donors (Lipinski definition) is 1. The largest absolute Gasteiger partial charge is 0.364 e. The summed E-state index contributed by atoms with van der Waals surface area (Å²) in [6.07, 6.45) is 0.430. The van der Waals surface area contributed by atoms with Crippen LogP contribution < -0.4 is 10.2 Å². The molecular weight excluding hydrogens is 392 g/mol. The summed E-state index contributed by atoms with van der Waals surface area (Å²) in [6.45, 7) is 2.53. The zero-order valence-electron chi connectivity index (χ0n) is 17.1. The van der Waals surface area contributed by atoms with Gasteiger partial charge in [0.25, 0.3) is 0 Å². The second-order valence-electron chi connectivity index (χ2n) is 9.09. The number of nitrogens with zero attached hydrogens (tertiary/aromatic N) is 2. The van der Waals surface area contributed by atoms with Crippen molar-refractivity contribution in [3.8, 4) is 0 Å². The molecule has 1 spiro atoms. The normalized spacial score (nSPS) is 30.7. The van der Waals surface area contributed by atoms with Crippen LogP contribution in [0, 0.1) is 6.92 Å². The highest BCUT2D eigenvalue weighted by molar-refractivity contribution is 6.15. The summed E-state index contributed by atoms with van der Waals surface area (Å²) in [5.41, 5.74) is 2.79. The van der Waals surface area contributed by atoms with E-state index < -0.39 is 16.9 Å². The first-order valence-corrected chi connectivity index (χ1v) is 10.8. The Morgan fingerprint density at radius 1 is 0.968 bits per heavy atom. The lowest BCUT2D eigenvalue weighted by Crippen LogP contribution is -2.55. The van der Waals surface area contributed by atoms with E-state index in [0.717, 1.165) is 23.2 Å². The molecule has 3 aromatic rings. The van der Waals surface area contributed by atoms with Crippen LogP contribution in [0.4, 0.5) is 20.2 Å². The van der Waals surface area contributed by atoms with Gasteiger partial charge in [0.15, 0.2) is 5.54 Å². The molecule has 4 heterocycles. The molecule has 0 bridgehead atoms. The molecule has 3 atom stereocenters. The number of rotatable bonds is 1. The van der Waals surface area contributed by atoms with Gasteiger partial charge in [-0.15, -0.1) is 0 Å². The van der Waals surface area contributed by atoms with Crippen LogP contribution in [-0.2, 0) is 16.9 Å². The minimum absolute atomic E-state index is 0.0860. The molecule has 0 unspecified atom stereocenters. The molecule has 0 aliphatic carbocycles. The van der Waals surface area contributed by atoms with Crippen LogP contribution in [0.2, 0.25) is 0 Å². The van der Waals surface area contributed by atoms with Crippen LogP contribution >= 0.6 is 0 Å². The van der Waals surface area contributed by atoms with Gasteiger partial charge in [-0.05, 0) is 42.2 Å². The molecule has 1 N–H and O–H groups in total. The number of nitrogens with one attached hydrogen (secondary N) is 1. The molecule has 0 amide bonds. The molecule has 7 rings (SSSR count). The minimum atomic E-state index is -3.12. The van der Waals surface area contributed by atoms with Gasteiger partial charge in [0.2, 0.25) is 0 Å². The summed E-state index contributed by atoms with van der Waals surface area (Å²) in [4.78, 5) is 6.84. The first-order valence-electron chi connectivity index (χ1n) is 10.8. The van der Waals surface area contributed by atoms with E-state index in [0.29, 0.717) is 23.5 Å². The summed E-state index contributed by atoms with van der Waals surface area (Å²) in [5.74, 6) is -3.12. The number of alkyl halides is 2. The SMILES string of the molecule is Cc1ccc2c(c1)N1[C@H]3Nc4ccccc4[C@]34CCN=C4[C@]1(c1ccccc1)C2(F)F. The molecule has 1 saturated heterocycles. The van der Waals surface area contributed by atoms with Gasteiger partial charge in [-0.2, -0.15) is 8.78 Å². The average Bonchev–Trinajstić information content (AvgIpc) is 3.44. The summed E-state index contributed by atoms with van der Waals surface area (Å²) in [6, 6.07) is 22.7. The maximum Gasteiger partial charge on any atom is 0.307 e. The van der Waals surface area contributed by atoms with Crippen molar-refractivity contribution >= 4 is 17.1 Å². The third-order valence-electron chi connectivity index (χ3n) is 7.72. The summed E-state index contributed by atoms with van der Waals surface area (Å²) in [5, 5.41) is 3.63. The van der Waals surface area contributed by atoms with Gasteiger partial charge >= 0.3 is 5.92 Å². The molecule has 0 saturated carbocycles. The fourth-order valence-electron chi connectivity index (χ4n) is 6.64. The zero-order valence-corrected chi connectivity index (χ0v) is 17.1. The van der Waals surface area contributed by atoms with E-state index in [2.05, 4.69) is 11.4 Å². The number of aliphatic imine (C=N–C) groups is 1. The first-order chi connectivity index (χ1) is 15.0. The third kappa shape index (κ3) is 1.69. The highest BCUT2D eigenvalue weighted by Crippen LogP contribution is 2.70. The molecule has 0 aromatic heterocycles. The Balaban J connectivity index is 1.63. The van der Waals surface area contributed by atoms with Gasteiger partial charge in [-0.3, -0.25) is 4.99 Å². The molecule has 4 aliphatic heterocycles. The van der Waals surface area contributed by atoms with E-state index in [1.165, 1.54) is 0 Å². The maximum atomic E-state index is 16.7. The van der Waals surface area contributed by atoms with Crippen LogP contribution in [0.1, 0.15) is 28.7 Å². The first kappa shape index (κ1) is 17.5. The van der Waals surface area contributed by atoms with Crippen LogP contribution in [0.15, 0.2) is 77.8 Å². The smallest absolute Gasteiger partial charge is 0.307 e. The van der Waals surface area contributed by atoms with Crippen LogP contribution in [0.25, 0.3) is 0 Å². The Morgan fingerprint density at radius 2 is 1.74 bits per heavy atom. The van der Waals surface area contributed by atoms with E-state index in [1.54, 1.807) is 12.1 Å². The molecule has 0 radical (unpaired) electrons. The van der Waals surface area contributed by atoms with E-state index >= 15 is 8.78 Å². The molecular formula is C26H21F2N3. The molecule has 5 heteroatoms. The van der Waals surface area contributed by atoms with Crippen molar-refractivity contribution in [3.63, 3.8) is 0 Å². The van der Waals surface area contributed by atoms with Gasteiger partial charge in [-0.25, -0.2) is 0 Å². The fraction of sp³-hybridized carbons (Fsp3) is 0.269. The quantitative estimate of drug-likeness (QED) is 0.582. The minimum Gasteiger partial charge on any atom is -0.364 e. The van der Waals surface area contributed by atoms with E-state index in [-0.39, 0.29) is 11.7 Å². The monoisotopic (exact) mass is 413 g/mol. The number of halogens is 2. The highest BCUT2D eigenvalue weighted by Gasteiger charge is 2.80. The molecule has 1 fully saturated rings. The average molecular weight is 413 g/mol. The Labute approximate surface area is 179 Å². The van der Waals surface area contributed by atoms with Crippen molar-refractivity contribution in [1.82, 2.24) is 0 Å². The van der Waals surface area contributed by atoms with Crippen molar-refractivity contribution in [2.24, 2.45) is 4.99 Å². The Kier molecular flexibility index (Phi) is 3.01. The van der Waals surface area contributed by atoms with Crippen molar-refractivity contribution in [2.45, 2.75) is 36.4 Å². The van der Waals surface area contributed by atoms with Gasteiger partial charge in [-0.1, -0.05) is 60.7 Å². The third-order valence-corrected chi connectivity index (χ3v) is 7.72. The fourth-order valence-corrected chi connectivity index (χ4v) is 6.64. The number of para-hydroxylation sites is 1.